The number of piperidine rings is 1. The molecule has 2 unspecified atom stereocenters. The first-order chi connectivity index (χ1) is 10.2. The molecule has 2 aliphatic rings. The smallest absolute Gasteiger partial charge is 0.251 e. The Bertz CT molecular complexity index is 663. The van der Waals surface area contributed by atoms with Crippen molar-refractivity contribution in [2.24, 2.45) is 0 Å². The van der Waals surface area contributed by atoms with Gasteiger partial charge in [0.15, 0.2) is 0 Å². The minimum Gasteiger partial charge on any atom is -0.361 e. The van der Waals surface area contributed by atoms with Crippen molar-refractivity contribution >= 4 is 16.8 Å². The molecule has 2 aromatic rings. The van der Waals surface area contributed by atoms with Gasteiger partial charge in [0.1, 0.15) is 0 Å². The van der Waals surface area contributed by atoms with E-state index in [1.807, 2.05) is 30.5 Å². The topological polar surface area (TPSA) is 48.1 Å². The average Bonchev–Trinajstić information content (AvgIpc) is 3.01. The Balaban J connectivity index is 1.48. The van der Waals surface area contributed by atoms with Crippen LogP contribution in [0.25, 0.3) is 10.9 Å². The summed E-state index contributed by atoms with van der Waals surface area (Å²) in [6.45, 7) is 0. The SMILES string of the molecule is CN1C2CCC1CC(NC(=O)c1ccc3cc[nH]c3c1)C2. The molecule has 2 atom stereocenters. The number of carbonyl (C=O) groups excluding carboxylic acids is 1. The highest BCUT2D eigenvalue weighted by molar-refractivity contribution is 5.98. The van der Waals surface area contributed by atoms with Gasteiger partial charge in [0.05, 0.1) is 0 Å². The Labute approximate surface area is 124 Å². The minimum atomic E-state index is 0.0560. The predicted octanol–water partition coefficient (Wildman–Crippen LogP) is 2.52. The van der Waals surface area contributed by atoms with Crippen molar-refractivity contribution in [1.82, 2.24) is 15.2 Å². The van der Waals surface area contributed by atoms with E-state index in [0.717, 1.165) is 29.3 Å². The molecule has 2 N–H and O–H groups in total. The maximum Gasteiger partial charge on any atom is 0.251 e. The summed E-state index contributed by atoms with van der Waals surface area (Å²) in [5, 5.41) is 4.38. The van der Waals surface area contributed by atoms with E-state index in [-0.39, 0.29) is 5.91 Å². The van der Waals surface area contributed by atoms with Crippen LogP contribution in [-0.2, 0) is 0 Å². The Kier molecular flexibility index (Phi) is 3.00. The summed E-state index contributed by atoms with van der Waals surface area (Å²) in [4.78, 5) is 18.1. The Morgan fingerprint density at radius 3 is 2.76 bits per heavy atom. The molecule has 1 aromatic carbocycles. The summed E-state index contributed by atoms with van der Waals surface area (Å²) in [7, 11) is 2.22. The number of aromatic amines is 1. The third-order valence-corrected chi connectivity index (χ3v) is 5.25. The van der Waals surface area contributed by atoms with E-state index in [2.05, 4.69) is 22.2 Å². The number of fused-ring (bicyclic) bond motifs is 3. The fourth-order valence-corrected chi connectivity index (χ4v) is 3.99. The highest BCUT2D eigenvalue weighted by Gasteiger charge is 2.38. The lowest BCUT2D eigenvalue weighted by Gasteiger charge is -2.36. The fraction of sp³-hybridized carbons (Fsp3) is 0.471. The molecule has 1 aromatic heterocycles. The minimum absolute atomic E-state index is 0.0560. The first kappa shape index (κ1) is 12.9. The monoisotopic (exact) mass is 283 g/mol. The first-order valence-electron chi connectivity index (χ1n) is 7.80. The standard InChI is InChI=1S/C17H21N3O/c1-20-14-4-5-15(20)10-13(9-14)19-17(21)12-3-2-11-6-7-18-16(11)8-12/h2-3,6-8,13-15,18H,4-5,9-10H2,1H3,(H,19,21). The van der Waals surface area contributed by atoms with Gasteiger partial charge in [0.2, 0.25) is 0 Å². The van der Waals surface area contributed by atoms with Gasteiger partial charge in [-0.2, -0.15) is 0 Å². The number of nitrogens with one attached hydrogen (secondary N) is 2. The van der Waals surface area contributed by atoms with Gasteiger partial charge < -0.3 is 15.2 Å². The third-order valence-electron chi connectivity index (χ3n) is 5.25. The van der Waals surface area contributed by atoms with E-state index in [4.69, 9.17) is 0 Å². The van der Waals surface area contributed by atoms with E-state index in [0.29, 0.717) is 18.1 Å². The van der Waals surface area contributed by atoms with Crippen LogP contribution in [0.2, 0.25) is 0 Å². The molecule has 4 nitrogen and oxygen atoms in total. The number of rotatable bonds is 2. The number of amides is 1. The molecule has 0 spiro atoms. The lowest BCUT2D eigenvalue weighted by atomic mass is 9.97. The van der Waals surface area contributed by atoms with Crippen LogP contribution in [-0.4, -0.2) is 41.0 Å². The molecule has 2 fully saturated rings. The lowest BCUT2D eigenvalue weighted by Crippen LogP contribution is -2.48. The Hall–Kier alpha value is -1.81. The van der Waals surface area contributed by atoms with Crippen LogP contribution in [0.4, 0.5) is 0 Å². The molecular formula is C17H21N3O. The second-order valence-corrected chi connectivity index (χ2v) is 6.47. The molecule has 3 heterocycles. The van der Waals surface area contributed by atoms with Gasteiger partial charge in [-0.05, 0) is 56.3 Å². The largest absolute Gasteiger partial charge is 0.361 e. The van der Waals surface area contributed by atoms with Gasteiger partial charge in [-0.3, -0.25) is 4.79 Å². The zero-order chi connectivity index (χ0) is 14.4. The molecule has 2 bridgehead atoms. The highest BCUT2D eigenvalue weighted by Crippen LogP contribution is 2.34. The maximum atomic E-state index is 12.5. The number of nitrogens with zero attached hydrogens (tertiary/aromatic N) is 1. The molecule has 0 radical (unpaired) electrons. The highest BCUT2D eigenvalue weighted by atomic mass is 16.1. The lowest BCUT2D eigenvalue weighted by molar-refractivity contribution is 0.0882. The number of benzene rings is 1. The maximum absolute atomic E-state index is 12.5. The van der Waals surface area contributed by atoms with Crippen LogP contribution in [0, 0.1) is 0 Å². The quantitative estimate of drug-likeness (QED) is 0.889. The van der Waals surface area contributed by atoms with Gasteiger partial charge in [0.25, 0.3) is 5.91 Å². The van der Waals surface area contributed by atoms with Crippen LogP contribution in [0.1, 0.15) is 36.0 Å². The van der Waals surface area contributed by atoms with Gasteiger partial charge >= 0.3 is 0 Å². The molecule has 1 amide bonds. The predicted molar refractivity (Wildman–Crippen MR) is 83.4 cm³/mol. The summed E-state index contributed by atoms with van der Waals surface area (Å²) < 4.78 is 0. The van der Waals surface area contributed by atoms with E-state index in [9.17, 15) is 4.79 Å². The van der Waals surface area contributed by atoms with Crippen LogP contribution < -0.4 is 5.32 Å². The summed E-state index contributed by atoms with van der Waals surface area (Å²) in [6.07, 6.45) is 6.64. The molecule has 4 rings (SSSR count). The average molecular weight is 283 g/mol. The second kappa shape index (κ2) is 4.88. The van der Waals surface area contributed by atoms with E-state index < -0.39 is 0 Å². The molecular weight excluding hydrogens is 262 g/mol. The molecule has 0 aliphatic carbocycles. The summed E-state index contributed by atoms with van der Waals surface area (Å²) in [5.74, 6) is 0.0560. The van der Waals surface area contributed by atoms with Crippen molar-refractivity contribution in [3.05, 3.63) is 36.0 Å². The van der Waals surface area contributed by atoms with Crippen LogP contribution >= 0.6 is 0 Å². The van der Waals surface area contributed by atoms with Gasteiger partial charge in [-0.25, -0.2) is 0 Å². The third kappa shape index (κ3) is 2.23. The Morgan fingerprint density at radius 2 is 2.00 bits per heavy atom. The van der Waals surface area contributed by atoms with Crippen molar-refractivity contribution < 1.29 is 4.79 Å². The number of aromatic nitrogens is 1. The summed E-state index contributed by atoms with van der Waals surface area (Å²) >= 11 is 0. The molecule has 21 heavy (non-hydrogen) atoms. The van der Waals surface area contributed by atoms with E-state index in [1.165, 1.54) is 12.8 Å². The summed E-state index contributed by atoms with van der Waals surface area (Å²) in [6, 6.07) is 9.50. The van der Waals surface area contributed by atoms with Crippen LogP contribution in [0.5, 0.6) is 0 Å². The first-order valence-corrected chi connectivity index (χ1v) is 7.80. The summed E-state index contributed by atoms with van der Waals surface area (Å²) in [5.41, 5.74) is 1.77. The molecule has 2 aliphatic heterocycles. The van der Waals surface area contributed by atoms with Crippen LogP contribution in [0.3, 0.4) is 0 Å². The van der Waals surface area contributed by atoms with Gasteiger partial charge in [0, 0.05) is 35.4 Å². The van der Waals surface area contributed by atoms with Gasteiger partial charge in [-0.1, -0.05) is 6.07 Å². The van der Waals surface area contributed by atoms with Crippen molar-refractivity contribution in [3.8, 4) is 0 Å². The van der Waals surface area contributed by atoms with Crippen molar-refractivity contribution in [2.45, 2.75) is 43.8 Å². The number of carbonyl (C=O) groups is 1. The number of hydrogen-bond donors (Lipinski definition) is 2. The molecule has 2 saturated heterocycles. The Morgan fingerprint density at radius 1 is 1.24 bits per heavy atom. The van der Waals surface area contributed by atoms with E-state index in [1.54, 1.807) is 0 Å². The fourth-order valence-electron chi connectivity index (χ4n) is 3.99. The van der Waals surface area contributed by atoms with Crippen molar-refractivity contribution in [3.63, 3.8) is 0 Å². The van der Waals surface area contributed by atoms with Crippen LogP contribution in [0.15, 0.2) is 30.5 Å². The normalized spacial score (nSPS) is 28.9. The zero-order valence-corrected chi connectivity index (χ0v) is 12.3. The molecule has 4 heteroatoms. The van der Waals surface area contributed by atoms with Crippen molar-refractivity contribution in [2.75, 3.05) is 7.05 Å². The van der Waals surface area contributed by atoms with E-state index >= 15 is 0 Å². The van der Waals surface area contributed by atoms with Gasteiger partial charge in [-0.15, -0.1) is 0 Å². The van der Waals surface area contributed by atoms with Crippen molar-refractivity contribution in [1.29, 1.82) is 0 Å². The number of hydrogen-bond acceptors (Lipinski definition) is 2. The molecule has 0 saturated carbocycles. The second-order valence-electron chi connectivity index (χ2n) is 6.47. The number of H-pyrrole nitrogens is 1. The zero-order valence-electron chi connectivity index (χ0n) is 12.3. The molecule has 110 valence electrons.